The van der Waals surface area contributed by atoms with E-state index in [2.05, 4.69) is 21.3 Å². The number of nitrogens with zero attached hydrogens (tertiary/aromatic N) is 3. The summed E-state index contributed by atoms with van der Waals surface area (Å²) in [6.45, 7) is 9.22. The molecule has 1 amide bonds. The molecule has 1 N–H and O–H groups in total. The van der Waals surface area contributed by atoms with Gasteiger partial charge in [0.1, 0.15) is 23.5 Å². The van der Waals surface area contributed by atoms with Gasteiger partial charge in [0.2, 0.25) is 0 Å². The van der Waals surface area contributed by atoms with Crippen LogP contribution < -0.4 is 15.0 Å². The van der Waals surface area contributed by atoms with Crippen LogP contribution >= 0.6 is 11.3 Å². The maximum absolute atomic E-state index is 13.8. The van der Waals surface area contributed by atoms with Gasteiger partial charge in [-0.25, -0.2) is 14.8 Å². The van der Waals surface area contributed by atoms with Crippen molar-refractivity contribution in [2.24, 2.45) is 0 Å². The molecule has 0 atom stereocenters. The minimum Gasteiger partial charge on any atom is -0.493 e. The molecule has 264 valence electrons. The van der Waals surface area contributed by atoms with Crippen molar-refractivity contribution in [2.45, 2.75) is 78.4 Å². The number of benzene rings is 3. The molecule has 51 heavy (non-hydrogen) atoms. The van der Waals surface area contributed by atoms with E-state index in [1.165, 1.54) is 11.3 Å². The molecule has 2 aromatic heterocycles. The standard InChI is InChI=1S/C41H44N4O5S/c1-27-29(15-13-18-34(27)49-25-11-7-5-6-10-24-46)30-20-21-36(43-37(30)39(48)50-41(2,3)4)45-23-22-28-14-12-16-31(32(28)26-45)38(47)44-40-42-33-17-8-9-19-35(33)51-40/h8-9,12-21,24H,5-7,10-11,22-23,25-26H2,1-4H3,(H,42,44,47). The van der Waals surface area contributed by atoms with E-state index < -0.39 is 11.6 Å². The zero-order valence-electron chi connectivity index (χ0n) is 29.7. The van der Waals surface area contributed by atoms with E-state index in [1.54, 1.807) is 0 Å². The number of unbranched alkanes of at least 4 members (excludes halogenated alkanes) is 4. The van der Waals surface area contributed by atoms with Crippen LogP contribution in [0.3, 0.4) is 0 Å². The van der Waals surface area contributed by atoms with E-state index >= 15 is 0 Å². The Morgan fingerprint density at radius 2 is 1.73 bits per heavy atom. The number of ether oxygens (including phenoxy) is 2. The Labute approximate surface area is 303 Å². The summed E-state index contributed by atoms with van der Waals surface area (Å²) in [7, 11) is 0. The normalized spacial score (nSPS) is 12.7. The SMILES string of the molecule is Cc1c(OCCCCCCC=O)cccc1-c1ccc(N2CCc3cccc(C(=O)Nc4nc5ccccc5s4)c3C2)nc1C(=O)OC(C)(C)C. The van der Waals surface area contributed by atoms with Crippen LogP contribution in [0.2, 0.25) is 0 Å². The van der Waals surface area contributed by atoms with E-state index in [4.69, 9.17) is 14.5 Å². The van der Waals surface area contributed by atoms with Crippen LogP contribution in [0.1, 0.15) is 90.4 Å². The summed E-state index contributed by atoms with van der Waals surface area (Å²) in [5.41, 5.74) is 5.41. The molecule has 0 saturated carbocycles. The van der Waals surface area contributed by atoms with Crippen LogP contribution in [0.15, 0.2) is 72.8 Å². The Bertz CT molecular complexity index is 2020. The summed E-state index contributed by atoms with van der Waals surface area (Å²) in [6, 6.07) is 23.4. The Balaban J connectivity index is 1.25. The monoisotopic (exact) mass is 704 g/mol. The minimum absolute atomic E-state index is 0.207. The summed E-state index contributed by atoms with van der Waals surface area (Å²) >= 11 is 1.45. The molecule has 0 fully saturated rings. The number of hydrogen-bond acceptors (Lipinski definition) is 9. The van der Waals surface area contributed by atoms with Gasteiger partial charge in [-0.05, 0) is 106 Å². The maximum Gasteiger partial charge on any atom is 0.358 e. The highest BCUT2D eigenvalue weighted by Crippen LogP contribution is 2.35. The Hall–Kier alpha value is -5.09. The molecule has 10 heteroatoms. The third-order valence-electron chi connectivity index (χ3n) is 8.88. The molecule has 0 aliphatic carbocycles. The van der Waals surface area contributed by atoms with Crippen molar-refractivity contribution >= 4 is 50.7 Å². The van der Waals surface area contributed by atoms with Gasteiger partial charge in [0.15, 0.2) is 10.8 Å². The van der Waals surface area contributed by atoms with Gasteiger partial charge >= 0.3 is 5.97 Å². The first-order valence-corrected chi connectivity index (χ1v) is 18.4. The van der Waals surface area contributed by atoms with E-state index in [-0.39, 0.29) is 11.6 Å². The van der Waals surface area contributed by atoms with Crippen LogP contribution in [-0.4, -0.2) is 46.9 Å². The van der Waals surface area contributed by atoms with E-state index in [1.807, 2.05) is 94.4 Å². The Kier molecular flexibility index (Phi) is 11.1. The summed E-state index contributed by atoms with van der Waals surface area (Å²) in [4.78, 5) is 49.6. The topological polar surface area (TPSA) is 111 Å². The lowest BCUT2D eigenvalue weighted by Crippen LogP contribution is -2.33. The molecular formula is C41H44N4O5S. The lowest BCUT2D eigenvalue weighted by atomic mass is 9.94. The summed E-state index contributed by atoms with van der Waals surface area (Å²) in [5.74, 6) is 0.671. The average molecular weight is 705 g/mol. The molecule has 0 saturated heterocycles. The van der Waals surface area contributed by atoms with Gasteiger partial charge in [-0.15, -0.1) is 0 Å². The second-order valence-corrected chi connectivity index (χ2v) is 14.8. The fraction of sp³-hybridized carbons (Fsp3) is 0.341. The third kappa shape index (κ3) is 8.63. The van der Waals surface area contributed by atoms with Gasteiger partial charge in [-0.2, -0.15) is 0 Å². The molecule has 0 radical (unpaired) electrons. The van der Waals surface area contributed by atoms with E-state index in [9.17, 15) is 14.4 Å². The van der Waals surface area contributed by atoms with Gasteiger partial charge in [-0.1, -0.05) is 60.6 Å². The fourth-order valence-corrected chi connectivity index (χ4v) is 7.19. The van der Waals surface area contributed by atoms with Crippen molar-refractivity contribution in [3.8, 4) is 16.9 Å². The lowest BCUT2D eigenvalue weighted by molar-refractivity contribution is -0.107. The Morgan fingerprint density at radius 3 is 2.53 bits per heavy atom. The highest BCUT2D eigenvalue weighted by molar-refractivity contribution is 7.22. The number of amides is 1. The third-order valence-corrected chi connectivity index (χ3v) is 9.83. The molecule has 3 aromatic carbocycles. The number of hydrogen-bond donors (Lipinski definition) is 1. The second-order valence-electron chi connectivity index (χ2n) is 13.8. The number of thiazole rings is 1. The molecule has 1 aliphatic heterocycles. The van der Waals surface area contributed by atoms with Gasteiger partial charge < -0.3 is 19.2 Å². The fourth-order valence-electron chi connectivity index (χ4n) is 6.33. The number of carbonyl (C=O) groups excluding carboxylic acids is 3. The number of para-hydroxylation sites is 1. The van der Waals surface area contributed by atoms with Crippen molar-refractivity contribution in [3.05, 3.63) is 101 Å². The van der Waals surface area contributed by atoms with Crippen molar-refractivity contribution in [3.63, 3.8) is 0 Å². The average Bonchev–Trinajstić information content (AvgIpc) is 3.53. The first-order chi connectivity index (χ1) is 24.6. The summed E-state index contributed by atoms with van der Waals surface area (Å²) in [5, 5.41) is 3.57. The van der Waals surface area contributed by atoms with Crippen molar-refractivity contribution in [1.82, 2.24) is 9.97 Å². The number of pyridine rings is 1. The highest BCUT2D eigenvalue weighted by atomic mass is 32.1. The molecule has 5 aromatic rings. The smallest absolute Gasteiger partial charge is 0.358 e. The zero-order chi connectivity index (χ0) is 36.0. The summed E-state index contributed by atoms with van der Waals surface area (Å²) in [6.07, 6.45) is 6.08. The van der Waals surface area contributed by atoms with Crippen LogP contribution in [0.5, 0.6) is 5.75 Å². The van der Waals surface area contributed by atoms with E-state index in [0.717, 1.165) is 76.6 Å². The predicted molar refractivity (Wildman–Crippen MR) is 203 cm³/mol. The first kappa shape index (κ1) is 35.7. The number of aldehydes is 1. The Morgan fingerprint density at radius 1 is 0.922 bits per heavy atom. The zero-order valence-corrected chi connectivity index (χ0v) is 30.5. The molecule has 0 unspecified atom stereocenters. The van der Waals surface area contributed by atoms with Crippen molar-refractivity contribution in [1.29, 1.82) is 0 Å². The van der Waals surface area contributed by atoms with Gasteiger partial charge in [0.05, 0.1) is 16.8 Å². The van der Waals surface area contributed by atoms with Crippen LogP contribution in [0, 0.1) is 6.92 Å². The lowest BCUT2D eigenvalue weighted by Gasteiger charge is -2.31. The number of carbonyl (C=O) groups is 3. The van der Waals surface area contributed by atoms with E-state index in [0.29, 0.717) is 48.2 Å². The van der Waals surface area contributed by atoms with Gasteiger partial charge in [-0.3, -0.25) is 10.1 Å². The van der Waals surface area contributed by atoms with Crippen molar-refractivity contribution in [2.75, 3.05) is 23.4 Å². The quantitative estimate of drug-likeness (QED) is 0.0735. The minimum atomic E-state index is -0.715. The number of nitrogens with one attached hydrogen (secondary N) is 1. The molecule has 9 nitrogen and oxygen atoms in total. The molecule has 6 rings (SSSR count). The molecule has 1 aliphatic rings. The van der Waals surface area contributed by atoms with Crippen LogP contribution in [-0.2, 0) is 22.5 Å². The largest absolute Gasteiger partial charge is 0.493 e. The number of esters is 1. The predicted octanol–water partition coefficient (Wildman–Crippen LogP) is 8.97. The van der Waals surface area contributed by atoms with Crippen molar-refractivity contribution < 1.29 is 23.9 Å². The highest BCUT2D eigenvalue weighted by Gasteiger charge is 2.28. The second kappa shape index (κ2) is 15.9. The molecule has 0 spiro atoms. The number of fused-ring (bicyclic) bond motifs is 2. The van der Waals surface area contributed by atoms with Gasteiger partial charge in [0, 0.05) is 30.6 Å². The maximum atomic E-state index is 13.8. The number of aromatic nitrogens is 2. The van der Waals surface area contributed by atoms with Crippen LogP contribution in [0.25, 0.3) is 21.3 Å². The molecule has 0 bridgehead atoms. The van der Waals surface area contributed by atoms with Gasteiger partial charge in [0.25, 0.3) is 5.91 Å². The molecule has 3 heterocycles. The molecular weight excluding hydrogens is 661 g/mol. The van der Waals surface area contributed by atoms with Crippen LogP contribution in [0.4, 0.5) is 10.9 Å². The number of anilines is 2. The summed E-state index contributed by atoms with van der Waals surface area (Å²) < 4.78 is 13.1. The first-order valence-electron chi connectivity index (χ1n) is 17.5. The number of rotatable bonds is 13.